The van der Waals surface area contributed by atoms with Gasteiger partial charge in [-0.3, -0.25) is 0 Å². The zero-order valence-electron chi connectivity index (χ0n) is 10.1. The Balaban J connectivity index is 2.05. The fourth-order valence-electron chi connectivity index (χ4n) is 2.37. The van der Waals surface area contributed by atoms with E-state index >= 15 is 0 Å². The lowest BCUT2D eigenvalue weighted by atomic mass is 10.1. The van der Waals surface area contributed by atoms with E-state index in [-0.39, 0.29) is 0 Å². The largest absolute Gasteiger partial charge is 0.315 e. The van der Waals surface area contributed by atoms with Crippen molar-refractivity contribution in [2.45, 2.75) is 58.5 Å². The predicted molar refractivity (Wildman–Crippen MR) is 62.6 cm³/mol. The van der Waals surface area contributed by atoms with Gasteiger partial charge >= 0.3 is 0 Å². The highest BCUT2D eigenvalue weighted by atomic mass is 15.2. The minimum atomic E-state index is 0.640. The van der Waals surface area contributed by atoms with Crippen LogP contribution in [0.4, 0.5) is 0 Å². The molecule has 1 aliphatic rings. The molecule has 2 heteroatoms. The van der Waals surface area contributed by atoms with Gasteiger partial charge in [0.25, 0.3) is 0 Å². The van der Waals surface area contributed by atoms with E-state index in [9.17, 15) is 0 Å². The Labute approximate surface area is 89.1 Å². The summed E-state index contributed by atoms with van der Waals surface area (Å²) in [6.45, 7) is 10.5. The number of nitrogens with zero attached hydrogens (tertiary/aromatic N) is 1. The van der Waals surface area contributed by atoms with E-state index in [0.29, 0.717) is 6.04 Å². The maximum atomic E-state index is 3.48. The van der Waals surface area contributed by atoms with E-state index in [1.165, 1.54) is 45.3 Å². The van der Waals surface area contributed by atoms with Gasteiger partial charge in [-0.15, -0.1) is 0 Å². The summed E-state index contributed by atoms with van der Waals surface area (Å²) in [4.78, 5) is 2.63. The van der Waals surface area contributed by atoms with Crippen molar-refractivity contribution < 1.29 is 0 Å². The molecule has 0 unspecified atom stereocenters. The second kappa shape index (κ2) is 6.41. The summed E-state index contributed by atoms with van der Waals surface area (Å²) in [5.41, 5.74) is 0. The van der Waals surface area contributed by atoms with Gasteiger partial charge in [0, 0.05) is 12.1 Å². The van der Waals surface area contributed by atoms with Crippen molar-refractivity contribution >= 4 is 0 Å². The summed E-state index contributed by atoms with van der Waals surface area (Å²) in [7, 11) is 0. The summed E-state index contributed by atoms with van der Waals surface area (Å²) < 4.78 is 0. The van der Waals surface area contributed by atoms with Crippen molar-refractivity contribution in [1.82, 2.24) is 10.2 Å². The zero-order chi connectivity index (χ0) is 10.4. The van der Waals surface area contributed by atoms with Crippen LogP contribution in [0.1, 0.15) is 46.5 Å². The van der Waals surface area contributed by atoms with Crippen LogP contribution in [0.2, 0.25) is 0 Å². The Kier molecular flexibility index (Phi) is 5.49. The van der Waals surface area contributed by atoms with Crippen LogP contribution in [0.5, 0.6) is 0 Å². The third-order valence-electron chi connectivity index (χ3n) is 3.17. The van der Waals surface area contributed by atoms with Crippen LogP contribution in [0.25, 0.3) is 0 Å². The molecule has 0 aliphatic carbocycles. The monoisotopic (exact) mass is 198 g/mol. The molecule has 0 saturated carbocycles. The number of nitrogens with one attached hydrogen (secondary N) is 1. The molecule has 1 N–H and O–H groups in total. The second-order valence-electron chi connectivity index (χ2n) is 4.68. The van der Waals surface area contributed by atoms with Crippen LogP contribution in [0, 0.1) is 0 Å². The van der Waals surface area contributed by atoms with Crippen molar-refractivity contribution in [3.8, 4) is 0 Å². The van der Waals surface area contributed by atoms with Gasteiger partial charge in [-0.05, 0) is 45.3 Å². The lowest BCUT2D eigenvalue weighted by molar-refractivity contribution is 0.251. The Hall–Kier alpha value is -0.0800. The topological polar surface area (TPSA) is 15.3 Å². The molecule has 0 bridgehead atoms. The SMILES string of the molecule is CCN1CCC[C@@H]1CCCNC(C)C. The predicted octanol–water partition coefficient (Wildman–Crippen LogP) is 2.25. The molecule has 0 radical (unpaired) electrons. The fraction of sp³-hybridized carbons (Fsp3) is 1.00. The molecule has 0 aromatic carbocycles. The fourth-order valence-corrected chi connectivity index (χ4v) is 2.37. The molecular weight excluding hydrogens is 172 g/mol. The first-order valence-electron chi connectivity index (χ1n) is 6.21. The van der Waals surface area contributed by atoms with Gasteiger partial charge < -0.3 is 10.2 Å². The maximum Gasteiger partial charge on any atom is 0.00960 e. The van der Waals surface area contributed by atoms with Gasteiger partial charge in [0.1, 0.15) is 0 Å². The third kappa shape index (κ3) is 3.97. The highest BCUT2D eigenvalue weighted by Crippen LogP contribution is 2.20. The summed E-state index contributed by atoms with van der Waals surface area (Å²) in [5.74, 6) is 0. The number of hydrogen-bond acceptors (Lipinski definition) is 2. The van der Waals surface area contributed by atoms with Gasteiger partial charge in [0.15, 0.2) is 0 Å². The lowest BCUT2D eigenvalue weighted by Gasteiger charge is -2.22. The van der Waals surface area contributed by atoms with Crippen LogP contribution in [0.3, 0.4) is 0 Å². The molecule has 2 nitrogen and oxygen atoms in total. The van der Waals surface area contributed by atoms with Crippen LogP contribution in [-0.4, -0.2) is 36.6 Å². The molecule has 1 atom stereocenters. The molecule has 0 aromatic heterocycles. The van der Waals surface area contributed by atoms with Crippen LogP contribution in [-0.2, 0) is 0 Å². The lowest BCUT2D eigenvalue weighted by Crippen LogP contribution is -2.30. The Morgan fingerprint density at radius 2 is 2.21 bits per heavy atom. The van der Waals surface area contributed by atoms with Gasteiger partial charge in [0.2, 0.25) is 0 Å². The van der Waals surface area contributed by atoms with E-state index in [4.69, 9.17) is 0 Å². The summed E-state index contributed by atoms with van der Waals surface area (Å²) in [6, 6.07) is 1.52. The highest BCUT2D eigenvalue weighted by molar-refractivity contribution is 4.78. The van der Waals surface area contributed by atoms with E-state index in [1.807, 2.05) is 0 Å². The van der Waals surface area contributed by atoms with Crippen molar-refractivity contribution in [3.63, 3.8) is 0 Å². The first-order chi connectivity index (χ1) is 6.74. The molecule has 1 fully saturated rings. The standard InChI is InChI=1S/C12H26N2/c1-4-14-10-6-8-12(14)7-5-9-13-11(2)3/h11-13H,4-10H2,1-3H3/t12-/m0/s1. The van der Waals surface area contributed by atoms with Crippen molar-refractivity contribution in [2.24, 2.45) is 0 Å². The highest BCUT2D eigenvalue weighted by Gasteiger charge is 2.21. The Morgan fingerprint density at radius 3 is 2.86 bits per heavy atom. The molecule has 1 heterocycles. The molecule has 1 saturated heterocycles. The maximum absolute atomic E-state index is 3.48. The molecular formula is C12H26N2. The average Bonchev–Trinajstić information content (AvgIpc) is 2.59. The summed E-state index contributed by atoms with van der Waals surface area (Å²) in [6.07, 6.45) is 5.55. The Bertz CT molecular complexity index is 145. The smallest absolute Gasteiger partial charge is 0.00960 e. The first kappa shape index (κ1) is 12.0. The van der Waals surface area contributed by atoms with Gasteiger partial charge in [0.05, 0.1) is 0 Å². The summed E-state index contributed by atoms with van der Waals surface area (Å²) in [5, 5.41) is 3.48. The van der Waals surface area contributed by atoms with Crippen molar-refractivity contribution in [3.05, 3.63) is 0 Å². The van der Waals surface area contributed by atoms with Crippen LogP contribution < -0.4 is 5.32 Å². The van der Waals surface area contributed by atoms with Gasteiger partial charge in [-0.2, -0.15) is 0 Å². The molecule has 0 amide bonds. The van der Waals surface area contributed by atoms with E-state index in [1.54, 1.807) is 0 Å². The van der Waals surface area contributed by atoms with Crippen LogP contribution in [0.15, 0.2) is 0 Å². The summed E-state index contributed by atoms with van der Waals surface area (Å²) >= 11 is 0. The molecule has 84 valence electrons. The van der Waals surface area contributed by atoms with Gasteiger partial charge in [-0.1, -0.05) is 20.8 Å². The number of likely N-dealkylation sites (tertiary alicyclic amines) is 1. The minimum Gasteiger partial charge on any atom is -0.315 e. The zero-order valence-corrected chi connectivity index (χ0v) is 10.1. The van der Waals surface area contributed by atoms with E-state index in [2.05, 4.69) is 31.0 Å². The van der Waals surface area contributed by atoms with E-state index < -0.39 is 0 Å². The quantitative estimate of drug-likeness (QED) is 0.659. The second-order valence-corrected chi connectivity index (χ2v) is 4.68. The molecule has 0 aromatic rings. The molecule has 0 spiro atoms. The van der Waals surface area contributed by atoms with Crippen molar-refractivity contribution in [1.29, 1.82) is 0 Å². The third-order valence-corrected chi connectivity index (χ3v) is 3.17. The van der Waals surface area contributed by atoms with E-state index in [0.717, 1.165) is 6.04 Å². The molecule has 1 aliphatic heterocycles. The van der Waals surface area contributed by atoms with Gasteiger partial charge in [-0.25, -0.2) is 0 Å². The normalized spacial score (nSPS) is 23.6. The number of rotatable bonds is 6. The molecule has 14 heavy (non-hydrogen) atoms. The van der Waals surface area contributed by atoms with Crippen molar-refractivity contribution in [2.75, 3.05) is 19.6 Å². The first-order valence-corrected chi connectivity index (χ1v) is 6.21. The average molecular weight is 198 g/mol. The number of hydrogen-bond donors (Lipinski definition) is 1. The minimum absolute atomic E-state index is 0.640. The Morgan fingerprint density at radius 1 is 1.43 bits per heavy atom. The molecule has 1 rings (SSSR count). The van der Waals surface area contributed by atoms with Crippen LogP contribution >= 0.6 is 0 Å².